The molecule has 1 aliphatic heterocycles. The predicted molar refractivity (Wildman–Crippen MR) is 92.2 cm³/mol. The van der Waals surface area contributed by atoms with Gasteiger partial charge in [-0.1, -0.05) is 13.8 Å². The van der Waals surface area contributed by atoms with Gasteiger partial charge in [0.1, 0.15) is 0 Å². The van der Waals surface area contributed by atoms with Gasteiger partial charge in [-0.05, 0) is 56.3 Å². The summed E-state index contributed by atoms with van der Waals surface area (Å²) in [7, 11) is 0. The molecule has 1 aromatic rings. The van der Waals surface area contributed by atoms with E-state index in [2.05, 4.69) is 36.6 Å². The van der Waals surface area contributed by atoms with Crippen LogP contribution in [0.2, 0.25) is 0 Å². The van der Waals surface area contributed by atoms with E-state index in [0.29, 0.717) is 24.8 Å². The molecule has 0 bridgehead atoms. The summed E-state index contributed by atoms with van der Waals surface area (Å²) in [6.07, 6.45) is 4.15. The molecule has 1 aromatic heterocycles. The monoisotopic (exact) mass is 330 g/mol. The zero-order chi connectivity index (χ0) is 14.4. The Bertz CT molecular complexity index is 430. The van der Waals surface area contributed by atoms with Crippen molar-refractivity contribution >= 4 is 29.7 Å². The first-order chi connectivity index (χ1) is 9.69. The fraction of sp³-hybridized carbons (Fsp3) is 0.688. The van der Waals surface area contributed by atoms with Crippen LogP contribution in [0.25, 0.3) is 0 Å². The second-order valence-corrected chi connectivity index (χ2v) is 7.02. The van der Waals surface area contributed by atoms with Crippen LogP contribution >= 0.6 is 23.7 Å². The van der Waals surface area contributed by atoms with E-state index in [9.17, 15) is 4.79 Å². The van der Waals surface area contributed by atoms with Crippen molar-refractivity contribution in [2.75, 3.05) is 13.1 Å². The van der Waals surface area contributed by atoms with Gasteiger partial charge in [-0.15, -0.1) is 23.7 Å². The highest BCUT2D eigenvalue weighted by molar-refractivity contribution is 7.11. The number of piperidine rings is 1. The van der Waals surface area contributed by atoms with Crippen LogP contribution in [-0.2, 0) is 17.8 Å². The fourth-order valence-corrected chi connectivity index (χ4v) is 3.74. The molecule has 5 heteroatoms. The zero-order valence-corrected chi connectivity index (χ0v) is 14.6. The van der Waals surface area contributed by atoms with E-state index in [1.165, 1.54) is 22.6 Å². The third kappa shape index (κ3) is 5.97. The summed E-state index contributed by atoms with van der Waals surface area (Å²) in [5.74, 6) is 1.39. The molecule has 120 valence electrons. The Morgan fingerprint density at radius 2 is 2.05 bits per heavy atom. The van der Waals surface area contributed by atoms with E-state index in [1.807, 2.05) is 0 Å². The van der Waals surface area contributed by atoms with Gasteiger partial charge < -0.3 is 10.6 Å². The lowest BCUT2D eigenvalue weighted by Gasteiger charge is -2.27. The van der Waals surface area contributed by atoms with Crippen LogP contribution in [0.3, 0.4) is 0 Å². The summed E-state index contributed by atoms with van der Waals surface area (Å²) in [6.45, 7) is 7.27. The predicted octanol–water partition coefficient (Wildman–Crippen LogP) is 3.37. The highest BCUT2D eigenvalue weighted by Crippen LogP contribution is 2.24. The smallest absolute Gasteiger partial charge is 0.220 e. The second-order valence-electron chi connectivity index (χ2n) is 5.77. The summed E-state index contributed by atoms with van der Waals surface area (Å²) in [6, 6.07) is 4.28. The molecular weight excluding hydrogens is 304 g/mol. The SMILES string of the molecule is CCc1ccc(CNC(=O)CC(C)C2CCNCC2)s1.Cl. The lowest BCUT2D eigenvalue weighted by molar-refractivity contribution is -0.122. The van der Waals surface area contributed by atoms with Crippen LogP contribution in [0.5, 0.6) is 0 Å². The molecule has 1 aliphatic rings. The van der Waals surface area contributed by atoms with Crippen LogP contribution in [0.4, 0.5) is 0 Å². The number of carbonyl (C=O) groups is 1. The first-order valence-corrected chi connectivity index (χ1v) is 8.55. The van der Waals surface area contributed by atoms with Gasteiger partial charge in [0.2, 0.25) is 5.91 Å². The summed E-state index contributed by atoms with van der Waals surface area (Å²) in [5.41, 5.74) is 0. The number of halogens is 1. The number of hydrogen-bond donors (Lipinski definition) is 2. The van der Waals surface area contributed by atoms with Crippen LogP contribution in [0.1, 0.15) is 42.9 Å². The Balaban J connectivity index is 0.00000220. The van der Waals surface area contributed by atoms with Gasteiger partial charge >= 0.3 is 0 Å². The molecule has 21 heavy (non-hydrogen) atoms. The van der Waals surface area contributed by atoms with Gasteiger partial charge in [-0.2, -0.15) is 0 Å². The average Bonchev–Trinajstić information content (AvgIpc) is 2.94. The van der Waals surface area contributed by atoms with Crippen molar-refractivity contribution < 1.29 is 4.79 Å². The maximum absolute atomic E-state index is 12.0. The third-order valence-corrected chi connectivity index (χ3v) is 5.45. The van der Waals surface area contributed by atoms with Crippen molar-refractivity contribution in [2.24, 2.45) is 11.8 Å². The van der Waals surface area contributed by atoms with E-state index >= 15 is 0 Å². The molecular formula is C16H27ClN2OS. The quantitative estimate of drug-likeness (QED) is 0.839. The molecule has 0 aromatic carbocycles. The van der Waals surface area contributed by atoms with Crippen molar-refractivity contribution in [2.45, 2.75) is 46.1 Å². The molecule has 0 aliphatic carbocycles. The summed E-state index contributed by atoms with van der Waals surface area (Å²) in [4.78, 5) is 14.7. The number of nitrogens with one attached hydrogen (secondary N) is 2. The number of hydrogen-bond acceptors (Lipinski definition) is 3. The fourth-order valence-electron chi connectivity index (χ4n) is 2.84. The largest absolute Gasteiger partial charge is 0.351 e. The van der Waals surface area contributed by atoms with E-state index < -0.39 is 0 Å². The van der Waals surface area contributed by atoms with Crippen molar-refractivity contribution in [3.63, 3.8) is 0 Å². The van der Waals surface area contributed by atoms with Crippen molar-refractivity contribution in [1.29, 1.82) is 0 Å². The summed E-state index contributed by atoms with van der Waals surface area (Å²) >= 11 is 1.80. The minimum atomic E-state index is 0. The molecule has 0 saturated carbocycles. The number of rotatable bonds is 6. The first kappa shape index (κ1) is 18.5. The van der Waals surface area contributed by atoms with E-state index in [1.54, 1.807) is 11.3 Å². The Labute approximate surface area is 138 Å². The first-order valence-electron chi connectivity index (χ1n) is 7.74. The van der Waals surface area contributed by atoms with Gasteiger partial charge in [0.05, 0.1) is 6.54 Å². The molecule has 1 saturated heterocycles. The van der Waals surface area contributed by atoms with E-state index in [0.717, 1.165) is 19.5 Å². The second kappa shape index (κ2) is 9.44. The summed E-state index contributed by atoms with van der Waals surface area (Å²) < 4.78 is 0. The molecule has 1 amide bonds. The highest BCUT2D eigenvalue weighted by atomic mass is 35.5. The van der Waals surface area contributed by atoms with E-state index in [-0.39, 0.29) is 18.3 Å². The maximum Gasteiger partial charge on any atom is 0.220 e. The zero-order valence-electron chi connectivity index (χ0n) is 13.0. The number of amides is 1. The van der Waals surface area contributed by atoms with Crippen molar-refractivity contribution in [3.8, 4) is 0 Å². The third-order valence-electron chi connectivity index (χ3n) is 4.22. The van der Waals surface area contributed by atoms with Crippen LogP contribution in [0, 0.1) is 11.8 Å². The maximum atomic E-state index is 12.0. The van der Waals surface area contributed by atoms with Crippen LogP contribution in [0.15, 0.2) is 12.1 Å². The molecule has 2 heterocycles. The topological polar surface area (TPSA) is 41.1 Å². The lowest BCUT2D eigenvalue weighted by Crippen LogP contribution is -2.33. The minimum absolute atomic E-state index is 0. The highest BCUT2D eigenvalue weighted by Gasteiger charge is 2.21. The molecule has 1 fully saturated rings. The van der Waals surface area contributed by atoms with Gasteiger partial charge in [0, 0.05) is 16.2 Å². The standard InChI is InChI=1S/C16H26N2OS.ClH/c1-3-14-4-5-15(20-14)11-18-16(19)10-12(2)13-6-8-17-9-7-13;/h4-5,12-13,17H,3,6-11H2,1-2H3,(H,18,19);1H. The molecule has 1 atom stereocenters. The van der Waals surface area contributed by atoms with Gasteiger partial charge in [-0.25, -0.2) is 0 Å². The molecule has 0 spiro atoms. The normalized spacial score (nSPS) is 17.0. The van der Waals surface area contributed by atoms with Gasteiger partial charge in [0.15, 0.2) is 0 Å². The average molecular weight is 331 g/mol. The molecule has 2 N–H and O–H groups in total. The minimum Gasteiger partial charge on any atom is -0.351 e. The van der Waals surface area contributed by atoms with Crippen LogP contribution < -0.4 is 10.6 Å². The number of carbonyl (C=O) groups excluding carboxylic acids is 1. The molecule has 3 nitrogen and oxygen atoms in total. The Morgan fingerprint density at radius 1 is 1.38 bits per heavy atom. The van der Waals surface area contributed by atoms with Gasteiger partial charge in [-0.3, -0.25) is 4.79 Å². The molecule has 2 rings (SSSR count). The number of aryl methyl sites for hydroxylation is 1. The van der Waals surface area contributed by atoms with E-state index in [4.69, 9.17) is 0 Å². The number of thiophene rings is 1. The van der Waals surface area contributed by atoms with Crippen molar-refractivity contribution in [1.82, 2.24) is 10.6 Å². The Morgan fingerprint density at radius 3 is 2.67 bits per heavy atom. The van der Waals surface area contributed by atoms with Crippen LogP contribution in [-0.4, -0.2) is 19.0 Å². The molecule has 0 radical (unpaired) electrons. The Hall–Kier alpha value is -0.580. The lowest BCUT2D eigenvalue weighted by atomic mass is 9.84. The Kier molecular flexibility index (Phi) is 8.30. The van der Waals surface area contributed by atoms with Gasteiger partial charge in [0.25, 0.3) is 0 Å². The van der Waals surface area contributed by atoms with Crippen molar-refractivity contribution in [3.05, 3.63) is 21.9 Å². The summed E-state index contributed by atoms with van der Waals surface area (Å²) in [5, 5.41) is 6.44. The molecule has 1 unspecified atom stereocenters.